The molecule has 4 heteroatoms. The first kappa shape index (κ1) is 13.7. The van der Waals surface area contributed by atoms with Crippen LogP contribution in [0.2, 0.25) is 0 Å². The number of likely N-dealkylation sites (tertiary alicyclic amines) is 1. The first-order valence-corrected chi connectivity index (χ1v) is 7.05. The standard InChI is InChI=1S/C15H23N3O/c1-2-11-4-3-6-18(7-5-11)15(19)12-8-13(16)10-14(17)9-12/h8-11H,2-7,16-17H2,1H3. The van der Waals surface area contributed by atoms with Gasteiger partial charge in [0.2, 0.25) is 0 Å². The maximum Gasteiger partial charge on any atom is 0.254 e. The lowest BCUT2D eigenvalue weighted by molar-refractivity contribution is 0.0760. The Morgan fingerprint density at radius 3 is 2.53 bits per heavy atom. The van der Waals surface area contributed by atoms with E-state index in [4.69, 9.17) is 11.5 Å². The minimum Gasteiger partial charge on any atom is -0.399 e. The zero-order valence-corrected chi connectivity index (χ0v) is 11.6. The highest BCUT2D eigenvalue weighted by Gasteiger charge is 2.21. The Bertz CT molecular complexity index is 438. The van der Waals surface area contributed by atoms with Gasteiger partial charge in [0.25, 0.3) is 5.91 Å². The first-order valence-electron chi connectivity index (χ1n) is 7.05. The normalized spacial score (nSPS) is 20.1. The maximum atomic E-state index is 12.5. The summed E-state index contributed by atoms with van der Waals surface area (Å²) >= 11 is 0. The van der Waals surface area contributed by atoms with E-state index in [1.165, 1.54) is 12.8 Å². The zero-order valence-electron chi connectivity index (χ0n) is 11.6. The molecule has 1 aromatic carbocycles. The number of hydrogen-bond acceptors (Lipinski definition) is 3. The fraction of sp³-hybridized carbons (Fsp3) is 0.533. The lowest BCUT2D eigenvalue weighted by Gasteiger charge is -2.21. The van der Waals surface area contributed by atoms with Gasteiger partial charge in [0.1, 0.15) is 0 Å². The highest BCUT2D eigenvalue weighted by Crippen LogP contribution is 2.22. The molecule has 0 aliphatic carbocycles. The first-order chi connectivity index (χ1) is 9.10. The summed E-state index contributed by atoms with van der Waals surface area (Å²) in [5.74, 6) is 0.805. The van der Waals surface area contributed by atoms with Crippen molar-refractivity contribution >= 4 is 17.3 Å². The molecule has 19 heavy (non-hydrogen) atoms. The molecule has 0 radical (unpaired) electrons. The molecule has 1 heterocycles. The smallest absolute Gasteiger partial charge is 0.254 e. The third-order valence-corrected chi connectivity index (χ3v) is 3.94. The molecule has 1 saturated heterocycles. The van der Waals surface area contributed by atoms with Gasteiger partial charge in [-0.1, -0.05) is 13.3 Å². The molecule has 0 bridgehead atoms. The predicted molar refractivity (Wildman–Crippen MR) is 78.8 cm³/mol. The van der Waals surface area contributed by atoms with E-state index in [0.29, 0.717) is 16.9 Å². The molecule has 0 saturated carbocycles. The molecule has 104 valence electrons. The van der Waals surface area contributed by atoms with Crippen molar-refractivity contribution in [1.82, 2.24) is 4.90 Å². The van der Waals surface area contributed by atoms with Crippen molar-refractivity contribution in [2.75, 3.05) is 24.6 Å². The van der Waals surface area contributed by atoms with E-state index < -0.39 is 0 Å². The number of nitrogen functional groups attached to an aromatic ring is 2. The maximum absolute atomic E-state index is 12.5. The molecule has 1 aliphatic rings. The van der Waals surface area contributed by atoms with Gasteiger partial charge >= 0.3 is 0 Å². The third kappa shape index (κ3) is 3.40. The van der Waals surface area contributed by atoms with Crippen LogP contribution in [0.4, 0.5) is 11.4 Å². The van der Waals surface area contributed by atoms with E-state index >= 15 is 0 Å². The highest BCUT2D eigenvalue weighted by atomic mass is 16.2. The van der Waals surface area contributed by atoms with Crippen LogP contribution in [0.25, 0.3) is 0 Å². The number of nitrogens with two attached hydrogens (primary N) is 2. The number of hydrogen-bond donors (Lipinski definition) is 2. The summed E-state index contributed by atoms with van der Waals surface area (Å²) in [6.07, 6.45) is 4.61. The molecule has 1 unspecified atom stereocenters. The lowest BCUT2D eigenvalue weighted by atomic mass is 9.98. The Hall–Kier alpha value is -1.71. The molecule has 2 rings (SSSR count). The second-order valence-electron chi connectivity index (χ2n) is 5.39. The van der Waals surface area contributed by atoms with Crippen LogP contribution in [0, 0.1) is 5.92 Å². The van der Waals surface area contributed by atoms with Gasteiger partial charge in [-0.2, -0.15) is 0 Å². The summed E-state index contributed by atoms with van der Waals surface area (Å²) in [6.45, 7) is 3.90. The number of amides is 1. The van der Waals surface area contributed by atoms with Crippen molar-refractivity contribution in [3.05, 3.63) is 23.8 Å². The average Bonchev–Trinajstić information content (AvgIpc) is 2.61. The number of rotatable bonds is 2. The van der Waals surface area contributed by atoms with E-state index in [-0.39, 0.29) is 5.91 Å². The van der Waals surface area contributed by atoms with Crippen LogP contribution in [0.1, 0.15) is 43.0 Å². The number of carbonyl (C=O) groups excluding carboxylic acids is 1. The molecule has 4 N–H and O–H groups in total. The molecule has 1 fully saturated rings. The Balaban J connectivity index is 2.10. The molecule has 0 aromatic heterocycles. The van der Waals surface area contributed by atoms with Gasteiger partial charge in [-0.25, -0.2) is 0 Å². The average molecular weight is 261 g/mol. The van der Waals surface area contributed by atoms with E-state index in [1.807, 2.05) is 4.90 Å². The van der Waals surface area contributed by atoms with Crippen LogP contribution < -0.4 is 11.5 Å². The summed E-state index contributed by atoms with van der Waals surface area (Å²) in [5, 5.41) is 0. The van der Waals surface area contributed by atoms with Crippen molar-refractivity contribution in [2.24, 2.45) is 5.92 Å². The minimum atomic E-state index is 0.0516. The molecule has 1 aliphatic heterocycles. The SMILES string of the molecule is CCC1CCCN(C(=O)c2cc(N)cc(N)c2)CC1. The molecule has 4 nitrogen and oxygen atoms in total. The Morgan fingerprint density at radius 1 is 1.21 bits per heavy atom. The van der Waals surface area contributed by atoms with Crippen molar-refractivity contribution in [1.29, 1.82) is 0 Å². The third-order valence-electron chi connectivity index (χ3n) is 3.94. The van der Waals surface area contributed by atoms with Gasteiger partial charge in [0, 0.05) is 30.0 Å². The second kappa shape index (κ2) is 5.95. The Morgan fingerprint density at radius 2 is 1.89 bits per heavy atom. The number of anilines is 2. The van der Waals surface area contributed by atoms with E-state index in [9.17, 15) is 4.79 Å². The summed E-state index contributed by atoms with van der Waals surface area (Å²) in [4.78, 5) is 14.4. The Kier molecular flexibility index (Phi) is 4.30. The van der Waals surface area contributed by atoms with E-state index in [0.717, 1.165) is 31.8 Å². The van der Waals surface area contributed by atoms with Crippen molar-refractivity contribution in [3.63, 3.8) is 0 Å². The monoisotopic (exact) mass is 261 g/mol. The molecular formula is C15H23N3O. The molecule has 0 spiro atoms. The van der Waals surface area contributed by atoms with Crippen LogP contribution in [0.5, 0.6) is 0 Å². The Labute approximate surface area is 114 Å². The van der Waals surface area contributed by atoms with Crippen LogP contribution >= 0.6 is 0 Å². The van der Waals surface area contributed by atoms with Crippen LogP contribution in [0.15, 0.2) is 18.2 Å². The van der Waals surface area contributed by atoms with E-state index in [1.54, 1.807) is 18.2 Å². The largest absolute Gasteiger partial charge is 0.399 e. The molecule has 1 aromatic rings. The van der Waals surface area contributed by atoms with Gasteiger partial charge in [-0.05, 0) is 43.4 Å². The summed E-state index contributed by atoms with van der Waals surface area (Å²) < 4.78 is 0. The minimum absolute atomic E-state index is 0.0516. The van der Waals surface area contributed by atoms with Crippen molar-refractivity contribution in [2.45, 2.75) is 32.6 Å². The highest BCUT2D eigenvalue weighted by molar-refractivity contribution is 5.96. The van der Waals surface area contributed by atoms with Gasteiger partial charge in [-0.3, -0.25) is 4.79 Å². The van der Waals surface area contributed by atoms with Gasteiger partial charge in [-0.15, -0.1) is 0 Å². The summed E-state index contributed by atoms with van der Waals surface area (Å²) in [5.41, 5.74) is 13.2. The molecular weight excluding hydrogens is 238 g/mol. The molecule has 1 amide bonds. The van der Waals surface area contributed by atoms with Crippen molar-refractivity contribution in [3.8, 4) is 0 Å². The fourth-order valence-corrected chi connectivity index (χ4v) is 2.76. The number of benzene rings is 1. The lowest BCUT2D eigenvalue weighted by Crippen LogP contribution is -2.32. The quantitative estimate of drug-likeness (QED) is 0.803. The number of carbonyl (C=O) groups is 1. The predicted octanol–water partition coefficient (Wildman–Crippen LogP) is 2.50. The van der Waals surface area contributed by atoms with Gasteiger partial charge in [0.05, 0.1) is 0 Å². The second-order valence-corrected chi connectivity index (χ2v) is 5.39. The van der Waals surface area contributed by atoms with Crippen LogP contribution in [-0.4, -0.2) is 23.9 Å². The van der Waals surface area contributed by atoms with Crippen LogP contribution in [0.3, 0.4) is 0 Å². The summed E-state index contributed by atoms with van der Waals surface area (Å²) in [6, 6.07) is 5.09. The van der Waals surface area contributed by atoms with Crippen molar-refractivity contribution < 1.29 is 4.79 Å². The van der Waals surface area contributed by atoms with Crippen LogP contribution in [-0.2, 0) is 0 Å². The van der Waals surface area contributed by atoms with E-state index in [2.05, 4.69) is 6.92 Å². The zero-order chi connectivity index (χ0) is 13.8. The van der Waals surface area contributed by atoms with Gasteiger partial charge < -0.3 is 16.4 Å². The number of nitrogens with zero attached hydrogens (tertiary/aromatic N) is 1. The fourth-order valence-electron chi connectivity index (χ4n) is 2.76. The van der Waals surface area contributed by atoms with Gasteiger partial charge in [0.15, 0.2) is 0 Å². The molecule has 1 atom stereocenters. The summed E-state index contributed by atoms with van der Waals surface area (Å²) in [7, 11) is 0. The topological polar surface area (TPSA) is 72.3 Å².